The molecule has 0 radical (unpaired) electrons. The predicted molar refractivity (Wildman–Crippen MR) is 160 cm³/mol. The quantitative estimate of drug-likeness (QED) is 0.0676. The average Bonchev–Trinajstić information content (AvgIpc) is 3.06. The van der Waals surface area contributed by atoms with Crippen molar-refractivity contribution in [1.82, 2.24) is 0 Å². The van der Waals surface area contributed by atoms with Crippen LogP contribution in [0, 0.1) is 40.8 Å². The van der Waals surface area contributed by atoms with Crippen LogP contribution in [-0.4, -0.2) is 13.2 Å². The van der Waals surface area contributed by atoms with Crippen LogP contribution in [0.3, 0.4) is 0 Å². The topological polar surface area (TPSA) is 27.7 Å². The molecular formula is C36H28F10O3. The molecule has 1 aliphatic rings. The van der Waals surface area contributed by atoms with E-state index in [0.29, 0.717) is 18.8 Å². The first kappa shape index (κ1) is 35.9. The zero-order chi connectivity index (χ0) is 35.5. The van der Waals surface area contributed by atoms with Crippen molar-refractivity contribution in [3.05, 3.63) is 124 Å². The highest BCUT2D eigenvalue weighted by atomic mass is 19.3. The third kappa shape index (κ3) is 8.10. The minimum absolute atomic E-state index is 0.0220. The van der Waals surface area contributed by atoms with E-state index in [1.807, 2.05) is 0 Å². The van der Waals surface area contributed by atoms with Crippen LogP contribution in [0.2, 0.25) is 0 Å². The van der Waals surface area contributed by atoms with Gasteiger partial charge in [-0.3, -0.25) is 0 Å². The van der Waals surface area contributed by atoms with Gasteiger partial charge in [0.05, 0.1) is 13.2 Å². The van der Waals surface area contributed by atoms with E-state index < -0.39 is 81.4 Å². The zero-order valence-electron chi connectivity index (χ0n) is 25.8. The highest BCUT2D eigenvalue weighted by Gasteiger charge is 2.42. The van der Waals surface area contributed by atoms with Crippen LogP contribution >= 0.6 is 0 Å². The number of rotatable bonds is 11. The van der Waals surface area contributed by atoms with Crippen LogP contribution in [0.4, 0.5) is 43.9 Å². The van der Waals surface area contributed by atoms with E-state index in [9.17, 15) is 30.7 Å². The summed E-state index contributed by atoms with van der Waals surface area (Å²) >= 11 is 0. The van der Waals surface area contributed by atoms with E-state index in [2.05, 4.69) is 11.7 Å². The summed E-state index contributed by atoms with van der Waals surface area (Å²) in [4.78, 5) is 0. The molecule has 260 valence electrons. The van der Waals surface area contributed by atoms with Gasteiger partial charge in [0.25, 0.3) is 0 Å². The fourth-order valence-electron chi connectivity index (χ4n) is 5.32. The Morgan fingerprint density at radius 1 is 0.714 bits per heavy atom. The van der Waals surface area contributed by atoms with Crippen LogP contribution in [0.5, 0.6) is 5.75 Å². The van der Waals surface area contributed by atoms with E-state index in [4.69, 9.17) is 9.47 Å². The summed E-state index contributed by atoms with van der Waals surface area (Å²) in [5.41, 5.74) is -2.73. The predicted octanol–water partition coefficient (Wildman–Crippen LogP) is 11.3. The molecule has 0 aliphatic carbocycles. The maximum absolute atomic E-state index is 15.1. The van der Waals surface area contributed by atoms with Crippen LogP contribution in [0.1, 0.15) is 61.2 Å². The largest absolute Gasteiger partial charge is 0.432 e. The van der Waals surface area contributed by atoms with Gasteiger partial charge in [0, 0.05) is 40.3 Å². The Kier molecular flexibility index (Phi) is 11.0. The molecule has 13 heteroatoms. The standard InChI is InChI=1S/C36H28F10O3/c1-2-3-4-5-19-17-47-35(48-18-19)22-10-11-25(26(37)12-22)20-6-8-21(9-7-20)32(42)33(43)23-13-27(38)31(28(39)14-23)36(45,46)49-24-15-29(40)34(44)30(41)16-24/h6-16,19,35H,2-5,17-18H2,1H3. The number of hydrogen-bond acceptors (Lipinski definition) is 3. The smallest absolute Gasteiger partial charge is 0.429 e. The van der Waals surface area contributed by atoms with Crippen molar-refractivity contribution >= 4 is 11.7 Å². The maximum Gasteiger partial charge on any atom is 0.432 e. The van der Waals surface area contributed by atoms with Gasteiger partial charge in [-0.25, -0.2) is 35.1 Å². The van der Waals surface area contributed by atoms with Crippen LogP contribution in [-0.2, 0) is 15.6 Å². The Hall–Kier alpha value is -4.36. The van der Waals surface area contributed by atoms with Gasteiger partial charge < -0.3 is 14.2 Å². The number of ether oxygens (including phenoxy) is 3. The third-order valence-electron chi connectivity index (χ3n) is 7.88. The summed E-state index contributed by atoms with van der Waals surface area (Å²) in [6, 6.07) is 9.22. The lowest BCUT2D eigenvalue weighted by Gasteiger charge is -2.29. The minimum Gasteiger partial charge on any atom is -0.429 e. The van der Waals surface area contributed by atoms with Crippen molar-refractivity contribution in [2.24, 2.45) is 5.92 Å². The van der Waals surface area contributed by atoms with Crippen molar-refractivity contribution < 1.29 is 58.1 Å². The number of benzene rings is 4. The number of alkyl halides is 2. The molecule has 1 aliphatic heterocycles. The second-order valence-corrected chi connectivity index (χ2v) is 11.4. The SMILES string of the molecule is CCCCCC1COC(c2ccc(-c3ccc(C(F)=C(F)c4cc(F)c(C(F)(F)Oc5cc(F)c(F)c(F)c5)c(F)c4)cc3)c(F)c2)OC1. The third-order valence-corrected chi connectivity index (χ3v) is 7.88. The van der Waals surface area contributed by atoms with Gasteiger partial charge in [0.2, 0.25) is 0 Å². The summed E-state index contributed by atoms with van der Waals surface area (Å²) in [5, 5.41) is 0. The summed E-state index contributed by atoms with van der Waals surface area (Å²) in [6.07, 6.45) is -1.37. The Bertz CT molecular complexity index is 1790. The lowest BCUT2D eigenvalue weighted by molar-refractivity contribution is -0.206. The number of halogens is 10. The summed E-state index contributed by atoms with van der Waals surface area (Å²) in [7, 11) is 0. The van der Waals surface area contributed by atoms with Gasteiger partial charge in [0.1, 0.15) is 28.8 Å². The normalized spacial score (nSPS) is 17.2. The molecule has 0 N–H and O–H groups in total. The molecule has 1 fully saturated rings. The molecule has 0 bridgehead atoms. The monoisotopic (exact) mass is 698 g/mol. The second-order valence-electron chi connectivity index (χ2n) is 11.4. The molecule has 4 aromatic carbocycles. The van der Waals surface area contributed by atoms with E-state index >= 15 is 13.2 Å². The van der Waals surface area contributed by atoms with Crippen molar-refractivity contribution in [1.29, 1.82) is 0 Å². The zero-order valence-corrected chi connectivity index (χ0v) is 25.8. The molecule has 5 rings (SSSR count). The lowest BCUT2D eigenvalue weighted by atomic mass is 10.00. The van der Waals surface area contributed by atoms with E-state index in [1.54, 1.807) is 6.07 Å². The molecule has 0 aromatic heterocycles. The molecule has 0 saturated carbocycles. The lowest BCUT2D eigenvalue weighted by Crippen LogP contribution is -2.27. The van der Waals surface area contributed by atoms with E-state index in [1.165, 1.54) is 24.3 Å². The van der Waals surface area contributed by atoms with Gasteiger partial charge in [-0.15, -0.1) is 0 Å². The van der Waals surface area contributed by atoms with Gasteiger partial charge in [-0.2, -0.15) is 8.78 Å². The van der Waals surface area contributed by atoms with Crippen LogP contribution < -0.4 is 4.74 Å². The first-order valence-corrected chi connectivity index (χ1v) is 15.2. The van der Waals surface area contributed by atoms with Gasteiger partial charge >= 0.3 is 6.11 Å². The summed E-state index contributed by atoms with van der Waals surface area (Å²) in [5.74, 6) is -15.1. The summed E-state index contributed by atoms with van der Waals surface area (Å²) < 4.78 is 159. The molecule has 3 nitrogen and oxygen atoms in total. The Balaban J connectivity index is 1.30. The molecule has 0 atom stereocenters. The fourth-order valence-corrected chi connectivity index (χ4v) is 5.32. The van der Waals surface area contributed by atoms with Crippen molar-refractivity contribution in [2.75, 3.05) is 13.2 Å². The van der Waals surface area contributed by atoms with Crippen LogP contribution in [0.25, 0.3) is 22.8 Å². The van der Waals surface area contributed by atoms with E-state index in [-0.39, 0.29) is 41.3 Å². The molecule has 0 amide bonds. The fraction of sp³-hybridized carbons (Fsp3) is 0.278. The Labute approximate surface area is 274 Å². The molecule has 49 heavy (non-hydrogen) atoms. The average molecular weight is 699 g/mol. The molecule has 1 saturated heterocycles. The minimum atomic E-state index is -4.92. The molecule has 0 unspecified atom stereocenters. The number of unbranched alkanes of at least 4 members (excludes halogenated alkanes) is 2. The molecule has 4 aromatic rings. The van der Waals surface area contributed by atoms with Crippen molar-refractivity contribution in [3.63, 3.8) is 0 Å². The maximum atomic E-state index is 15.1. The first-order chi connectivity index (χ1) is 23.3. The van der Waals surface area contributed by atoms with Crippen molar-refractivity contribution in [3.8, 4) is 16.9 Å². The summed E-state index contributed by atoms with van der Waals surface area (Å²) in [6.45, 7) is 3.09. The molecule has 0 spiro atoms. The van der Waals surface area contributed by atoms with Gasteiger partial charge in [-0.1, -0.05) is 62.6 Å². The Morgan fingerprint density at radius 2 is 1.31 bits per heavy atom. The second kappa shape index (κ2) is 15.0. The van der Waals surface area contributed by atoms with Gasteiger partial charge in [-0.05, 0) is 30.2 Å². The molecule has 1 heterocycles. The van der Waals surface area contributed by atoms with Crippen molar-refractivity contribution in [2.45, 2.75) is 45.0 Å². The van der Waals surface area contributed by atoms with Crippen LogP contribution in [0.15, 0.2) is 66.7 Å². The highest BCUT2D eigenvalue weighted by molar-refractivity contribution is 5.84. The first-order valence-electron chi connectivity index (χ1n) is 15.2. The number of hydrogen-bond donors (Lipinski definition) is 0. The van der Waals surface area contributed by atoms with E-state index in [0.717, 1.165) is 37.8 Å². The Morgan fingerprint density at radius 3 is 1.88 bits per heavy atom. The highest BCUT2D eigenvalue weighted by Crippen LogP contribution is 2.39. The van der Waals surface area contributed by atoms with Gasteiger partial charge in [0.15, 0.2) is 35.4 Å². The molecular weight excluding hydrogens is 670 g/mol.